The summed E-state index contributed by atoms with van der Waals surface area (Å²) in [6, 6.07) is 3.99. The number of pyridine rings is 1. The molecule has 0 radical (unpaired) electrons. The molecule has 1 aromatic rings. The lowest BCUT2D eigenvalue weighted by Gasteiger charge is -2.14. The summed E-state index contributed by atoms with van der Waals surface area (Å²) in [6.45, 7) is 1.70. The molecule has 0 spiro atoms. The number of aliphatic imine (C=N–C) groups is 1. The molecule has 2 heterocycles. The maximum absolute atomic E-state index is 4.12. The molecule has 0 aromatic carbocycles. The molecule has 1 aromatic heterocycles. The first-order chi connectivity index (χ1) is 5.47. The van der Waals surface area contributed by atoms with E-state index in [1.54, 1.807) is 12.4 Å². The van der Waals surface area contributed by atoms with E-state index in [1.165, 1.54) is 5.69 Å². The van der Waals surface area contributed by atoms with Crippen LogP contribution in [0, 0.1) is 0 Å². The first-order valence-corrected chi connectivity index (χ1v) is 3.60. The average molecular weight is 147 g/mol. The van der Waals surface area contributed by atoms with Gasteiger partial charge in [0.25, 0.3) is 0 Å². The van der Waals surface area contributed by atoms with Crippen LogP contribution in [0.3, 0.4) is 0 Å². The Labute approximate surface area is 65.4 Å². The lowest BCUT2D eigenvalue weighted by molar-refractivity contribution is 0.953. The maximum Gasteiger partial charge on any atom is 0.110 e. The maximum atomic E-state index is 4.12. The SMILES string of the molecule is C1=NCN(c2ccncc2)C1. The molecule has 1 aliphatic heterocycles. The van der Waals surface area contributed by atoms with E-state index in [-0.39, 0.29) is 0 Å². The second-order valence-electron chi connectivity index (χ2n) is 2.43. The molecular weight excluding hydrogens is 138 g/mol. The largest absolute Gasteiger partial charge is 0.347 e. The molecule has 0 saturated heterocycles. The van der Waals surface area contributed by atoms with E-state index in [0.717, 1.165) is 13.2 Å². The average Bonchev–Trinajstić information content (AvgIpc) is 2.58. The quantitative estimate of drug-likeness (QED) is 0.591. The monoisotopic (exact) mass is 147 g/mol. The van der Waals surface area contributed by atoms with Gasteiger partial charge >= 0.3 is 0 Å². The van der Waals surface area contributed by atoms with Crippen LogP contribution >= 0.6 is 0 Å². The third-order valence-corrected chi connectivity index (χ3v) is 1.71. The van der Waals surface area contributed by atoms with Crippen LogP contribution in [0.1, 0.15) is 0 Å². The Morgan fingerprint density at radius 1 is 1.27 bits per heavy atom. The van der Waals surface area contributed by atoms with Gasteiger partial charge in [0.1, 0.15) is 6.67 Å². The predicted octanol–water partition coefficient (Wildman–Crippen LogP) is 0.930. The normalized spacial score (nSPS) is 15.8. The summed E-state index contributed by atoms with van der Waals surface area (Å²) >= 11 is 0. The third-order valence-electron chi connectivity index (χ3n) is 1.71. The van der Waals surface area contributed by atoms with Crippen molar-refractivity contribution in [2.45, 2.75) is 0 Å². The highest BCUT2D eigenvalue weighted by Crippen LogP contribution is 2.12. The summed E-state index contributed by atoms with van der Waals surface area (Å²) in [7, 11) is 0. The summed E-state index contributed by atoms with van der Waals surface area (Å²) in [6.07, 6.45) is 5.53. The van der Waals surface area contributed by atoms with Gasteiger partial charge in [0.2, 0.25) is 0 Å². The van der Waals surface area contributed by atoms with Crippen molar-refractivity contribution in [1.82, 2.24) is 4.98 Å². The van der Waals surface area contributed by atoms with Crippen LogP contribution in [-0.4, -0.2) is 24.4 Å². The van der Waals surface area contributed by atoms with Crippen LogP contribution in [0.2, 0.25) is 0 Å². The summed E-state index contributed by atoms with van der Waals surface area (Å²) in [5.41, 5.74) is 1.19. The van der Waals surface area contributed by atoms with Crippen LogP contribution in [0.4, 0.5) is 5.69 Å². The van der Waals surface area contributed by atoms with Crippen molar-refractivity contribution in [1.29, 1.82) is 0 Å². The van der Waals surface area contributed by atoms with Gasteiger partial charge in [-0.15, -0.1) is 0 Å². The van der Waals surface area contributed by atoms with Crippen molar-refractivity contribution in [2.75, 3.05) is 18.1 Å². The molecule has 56 valence electrons. The molecule has 0 aliphatic carbocycles. The predicted molar refractivity (Wildman–Crippen MR) is 44.9 cm³/mol. The standard InChI is InChI=1S/C8H9N3/c1-3-9-4-2-8(1)11-6-5-10-7-11/h1-5H,6-7H2. The smallest absolute Gasteiger partial charge is 0.110 e. The zero-order valence-corrected chi connectivity index (χ0v) is 6.14. The van der Waals surface area contributed by atoms with Gasteiger partial charge < -0.3 is 4.90 Å². The molecule has 0 unspecified atom stereocenters. The molecule has 0 atom stereocenters. The summed E-state index contributed by atoms with van der Waals surface area (Å²) in [5.74, 6) is 0. The highest BCUT2D eigenvalue weighted by atomic mass is 15.2. The minimum Gasteiger partial charge on any atom is -0.347 e. The van der Waals surface area contributed by atoms with Crippen LogP contribution in [0.15, 0.2) is 29.5 Å². The molecule has 11 heavy (non-hydrogen) atoms. The highest BCUT2D eigenvalue weighted by molar-refractivity contribution is 5.69. The number of aromatic nitrogens is 1. The van der Waals surface area contributed by atoms with Crippen LogP contribution in [0.5, 0.6) is 0 Å². The van der Waals surface area contributed by atoms with Gasteiger partial charge in [-0.05, 0) is 12.1 Å². The Hall–Kier alpha value is -1.38. The Balaban J connectivity index is 2.17. The molecule has 2 rings (SSSR count). The molecule has 3 heteroatoms. The lowest BCUT2D eigenvalue weighted by atomic mass is 10.4. The number of rotatable bonds is 1. The van der Waals surface area contributed by atoms with Crippen molar-refractivity contribution in [3.63, 3.8) is 0 Å². The van der Waals surface area contributed by atoms with Crippen molar-refractivity contribution in [3.8, 4) is 0 Å². The first-order valence-electron chi connectivity index (χ1n) is 3.60. The molecule has 0 amide bonds. The fraction of sp³-hybridized carbons (Fsp3) is 0.250. The van der Waals surface area contributed by atoms with Crippen molar-refractivity contribution in [2.24, 2.45) is 4.99 Å². The topological polar surface area (TPSA) is 28.5 Å². The number of hydrogen-bond acceptors (Lipinski definition) is 3. The van der Waals surface area contributed by atoms with E-state index in [4.69, 9.17) is 0 Å². The minimum absolute atomic E-state index is 0.782. The Morgan fingerprint density at radius 2 is 2.09 bits per heavy atom. The summed E-state index contributed by atoms with van der Waals surface area (Å²) in [5, 5.41) is 0. The molecule has 0 N–H and O–H groups in total. The fourth-order valence-electron chi connectivity index (χ4n) is 1.11. The van der Waals surface area contributed by atoms with E-state index in [9.17, 15) is 0 Å². The van der Waals surface area contributed by atoms with E-state index in [2.05, 4.69) is 14.9 Å². The van der Waals surface area contributed by atoms with Crippen LogP contribution < -0.4 is 4.90 Å². The zero-order chi connectivity index (χ0) is 7.52. The molecule has 3 nitrogen and oxygen atoms in total. The second kappa shape index (κ2) is 2.70. The Morgan fingerprint density at radius 3 is 2.73 bits per heavy atom. The van der Waals surface area contributed by atoms with Crippen LogP contribution in [0.25, 0.3) is 0 Å². The van der Waals surface area contributed by atoms with Crippen LogP contribution in [-0.2, 0) is 0 Å². The second-order valence-corrected chi connectivity index (χ2v) is 2.43. The lowest BCUT2D eigenvalue weighted by Crippen LogP contribution is -2.19. The Bertz CT molecular complexity index is 247. The number of nitrogens with zero attached hydrogens (tertiary/aromatic N) is 3. The number of anilines is 1. The molecular formula is C8H9N3. The van der Waals surface area contributed by atoms with Gasteiger partial charge in [-0.1, -0.05) is 0 Å². The van der Waals surface area contributed by atoms with Gasteiger partial charge in [0.15, 0.2) is 0 Å². The van der Waals surface area contributed by atoms with Gasteiger partial charge in [-0.25, -0.2) is 0 Å². The van der Waals surface area contributed by atoms with E-state index in [1.807, 2.05) is 18.3 Å². The van der Waals surface area contributed by atoms with Crippen molar-refractivity contribution < 1.29 is 0 Å². The molecule has 0 saturated carbocycles. The molecule has 0 fully saturated rings. The van der Waals surface area contributed by atoms with Gasteiger partial charge in [0, 0.05) is 24.3 Å². The van der Waals surface area contributed by atoms with Gasteiger partial charge in [0.05, 0.1) is 6.54 Å². The zero-order valence-electron chi connectivity index (χ0n) is 6.14. The van der Waals surface area contributed by atoms with Gasteiger partial charge in [-0.3, -0.25) is 9.98 Å². The molecule has 0 bridgehead atoms. The fourth-order valence-corrected chi connectivity index (χ4v) is 1.11. The van der Waals surface area contributed by atoms with E-state index >= 15 is 0 Å². The molecule has 1 aliphatic rings. The first kappa shape index (κ1) is 6.34. The highest BCUT2D eigenvalue weighted by Gasteiger charge is 2.06. The van der Waals surface area contributed by atoms with Gasteiger partial charge in [-0.2, -0.15) is 0 Å². The Kier molecular flexibility index (Phi) is 1.55. The third kappa shape index (κ3) is 1.22. The van der Waals surface area contributed by atoms with E-state index < -0.39 is 0 Å². The van der Waals surface area contributed by atoms with Crippen molar-refractivity contribution >= 4 is 11.9 Å². The number of hydrogen-bond donors (Lipinski definition) is 0. The van der Waals surface area contributed by atoms with E-state index in [0.29, 0.717) is 0 Å². The summed E-state index contributed by atoms with van der Waals surface area (Å²) in [4.78, 5) is 10.3. The van der Waals surface area contributed by atoms with Crippen molar-refractivity contribution in [3.05, 3.63) is 24.5 Å². The minimum atomic E-state index is 0.782. The summed E-state index contributed by atoms with van der Waals surface area (Å²) < 4.78 is 0.